The maximum Gasteiger partial charge on any atom is 3.00 e. The Kier molecular flexibility index (Phi) is 177. The Bertz CT molecular complexity index is 8.00. The van der Waals surface area contributed by atoms with Crippen molar-refractivity contribution in [3.05, 3.63) is 0 Å². The molecule has 0 aliphatic carbocycles. The van der Waals surface area contributed by atoms with Crippen molar-refractivity contribution in [1.82, 2.24) is 0 Å². The number of hydrogen-bond acceptors (Lipinski definition) is 0. The van der Waals surface area contributed by atoms with Gasteiger partial charge in [-0.15, -0.1) is 0 Å². The smallest absolute Gasteiger partial charge is 0 e. The van der Waals surface area contributed by atoms with Crippen LogP contribution in [-0.4, -0.2) is 17.4 Å². The van der Waals surface area contributed by atoms with Crippen LogP contribution in [0.4, 0.5) is 0 Å². The number of hydrogen-bond donors (Lipinski definition) is 0. The third kappa shape index (κ3) is 8.95. The van der Waals surface area contributed by atoms with Crippen LogP contribution in [0.1, 0.15) is 0 Å². The molecule has 0 aliphatic heterocycles. The van der Waals surface area contributed by atoms with Gasteiger partial charge in [0.05, 0.1) is 0 Å². The normalized spacial score (nSPS) is 0. The fraction of sp³-hybridized carbons (Fsp3) is 0. The van der Waals surface area contributed by atoms with E-state index >= 15 is 0 Å². The Labute approximate surface area is 67.8 Å². The van der Waals surface area contributed by atoms with Crippen molar-refractivity contribution in [3.63, 3.8) is 0 Å². The zero-order valence-electron chi connectivity index (χ0n) is 1.60. The van der Waals surface area contributed by atoms with Gasteiger partial charge in [-0.05, 0) is 0 Å². The van der Waals surface area contributed by atoms with E-state index in [0.717, 1.165) is 0 Å². The monoisotopic (exact) mass is 200 g/mol. The van der Waals surface area contributed by atoms with Gasteiger partial charge in [0.15, 0.2) is 0 Å². The average Bonchev–Trinajstić information content (AvgIpc) is 0. The summed E-state index contributed by atoms with van der Waals surface area (Å²) in [4.78, 5) is 0. The molecule has 0 bridgehead atoms. The van der Waals surface area contributed by atoms with Crippen molar-refractivity contribution < 1.29 is 50.9 Å². The van der Waals surface area contributed by atoms with E-state index in [1.54, 1.807) is 0 Å². The molecule has 0 spiro atoms. The van der Waals surface area contributed by atoms with Gasteiger partial charge in [0.25, 0.3) is 0 Å². The molecule has 4 heteroatoms. The molecule has 0 aromatic rings. The molecule has 0 nitrogen and oxygen atoms in total. The van der Waals surface area contributed by atoms with Gasteiger partial charge in [-0.1, -0.05) is 0 Å². The molecule has 0 aromatic carbocycles. The quantitative estimate of drug-likeness (QED) is 0.468. The van der Waals surface area contributed by atoms with E-state index in [1.165, 1.54) is 0 Å². The molecule has 4 heavy (non-hydrogen) atoms. The minimum absolute atomic E-state index is 0. The second kappa shape index (κ2) is 19.6. The van der Waals surface area contributed by atoms with Crippen LogP contribution < -0.4 is 0 Å². The van der Waals surface area contributed by atoms with E-state index in [4.69, 9.17) is 0 Å². The Morgan fingerprint density at radius 1 is 1.00 bits per heavy atom. The van der Waals surface area contributed by atoms with Crippen LogP contribution in [0.3, 0.4) is 0 Å². The summed E-state index contributed by atoms with van der Waals surface area (Å²) in [5, 5.41) is 0. The van der Waals surface area contributed by atoms with E-state index in [2.05, 4.69) is 0 Å². The fourth-order valence-corrected chi connectivity index (χ4v) is 0. The Morgan fingerprint density at radius 3 is 1.00 bits per heavy atom. The van der Waals surface area contributed by atoms with E-state index in [9.17, 15) is 0 Å². The molecule has 0 unspecified atom stereocenters. The van der Waals surface area contributed by atoms with Gasteiger partial charge in [0, 0.05) is 17.1 Å². The van der Waals surface area contributed by atoms with Crippen LogP contribution >= 0.6 is 0 Å². The molecule has 0 N–H and O–H groups in total. The Hall–Kier alpha value is 2.08. The van der Waals surface area contributed by atoms with Crippen molar-refractivity contribution in [2.75, 3.05) is 0 Å². The van der Waals surface area contributed by atoms with Crippen molar-refractivity contribution in [2.45, 2.75) is 0 Å². The van der Waals surface area contributed by atoms with Crippen LogP contribution in [0.25, 0.3) is 0 Å². The maximum atomic E-state index is 0. The molecular formula is AlCrCuNi+8. The SMILES string of the molecule is [Al+3].[Cr+3].[Cu].[Ni+2]. The summed E-state index contributed by atoms with van der Waals surface area (Å²) in [6.45, 7) is 0. The summed E-state index contributed by atoms with van der Waals surface area (Å²) in [6, 6.07) is 0. The molecule has 22 valence electrons. The molecule has 0 rings (SSSR count). The Balaban J connectivity index is 0. The molecule has 0 saturated carbocycles. The minimum atomic E-state index is 0. The van der Waals surface area contributed by atoms with Crippen LogP contribution in [0.15, 0.2) is 0 Å². The summed E-state index contributed by atoms with van der Waals surface area (Å²) in [5.74, 6) is 0. The van der Waals surface area contributed by atoms with E-state index < -0.39 is 0 Å². The third-order valence-corrected chi connectivity index (χ3v) is 0. The first-order valence-electron chi connectivity index (χ1n) is 0. The second-order valence-electron chi connectivity index (χ2n) is 0. The van der Waals surface area contributed by atoms with E-state index in [0.29, 0.717) is 0 Å². The summed E-state index contributed by atoms with van der Waals surface area (Å²) < 4.78 is 0. The van der Waals surface area contributed by atoms with Crippen LogP contribution in [-0.2, 0) is 50.9 Å². The fourth-order valence-electron chi connectivity index (χ4n) is 0. The van der Waals surface area contributed by atoms with Crippen molar-refractivity contribution >= 4 is 17.4 Å². The molecule has 0 amide bonds. The van der Waals surface area contributed by atoms with Gasteiger partial charge in [-0.3, -0.25) is 0 Å². The Morgan fingerprint density at radius 2 is 1.00 bits per heavy atom. The first-order valence-corrected chi connectivity index (χ1v) is 0. The molecule has 0 saturated heterocycles. The zero-order chi connectivity index (χ0) is 0. The van der Waals surface area contributed by atoms with Gasteiger partial charge in [0.2, 0.25) is 0 Å². The summed E-state index contributed by atoms with van der Waals surface area (Å²) in [7, 11) is 0. The van der Waals surface area contributed by atoms with Crippen molar-refractivity contribution in [2.24, 2.45) is 0 Å². The maximum absolute atomic E-state index is 0. The summed E-state index contributed by atoms with van der Waals surface area (Å²) in [5.41, 5.74) is 0. The predicted octanol–water partition coefficient (Wildman–Crippen LogP) is -0.388. The van der Waals surface area contributed by atoms with Gasteiger partial charge in [-0.25, -0.2) is 0 Å². The van der Waals surface area contributed by atoms with Crippen LogP contribution in [0, 0.1) is 0 Å². The van der Waals surface area contributed by atoms with Gasteiger partial charge in [-0.2, -0.15) is 0 Å². The van der Waals surface area contributed by atoms with Gasteiger partial charge >= 0.3 is 51.2 Å². The summed E-state index contributed by atoms with van der Waals surface area (Å²) in [6.07, 6.45) is 0. The van der Waals surface area contributed by atoms with Crippen molar-refractivity contribution in [1.29, 1.82) is 0 Å². The van der Waals surface area contributed by atoms with Gasteiger partial charge < -0.3 is 0 Å². The third-order valence-electron chi connectivity index (χ3n) is 0. The minimum Gasteiger partial charge on any atom is 0 e. The van der Waals surface area contributed by atoms with Crippen LogP contribution in [0.5, 0.6) is 0 Å². The van der Waals surface area contributed by atoms with Gasteiger partial charge in [0.1, 0.15) is 0 Å². The predicted molar refractivity (Wildman–Crippen MR) is 5.75 cm³/mol. The molecule has 0 aliphatic rings. The number of rotatable bonds is 0. The molecule has 0 heterocycles. The second-order valence-corrected chi connectivity index (χ2v) is 0. The molecule has 0 fully saturated rings. The van der Waals surface area contributed by atoms with Crippen molar-refractivity contribution in [3.8, 4) is 0 Å². The first kappa shape index (κ1) is 36.3. The molecule has 0 aromatic heterocycles. The zero-order valence-corrected chi connectivity index (χ0v) is 5.96. The molecule has 2 radical (unpaired) electrons. The first-order chi connectivity index (χ1) is 0. The summed E-state index contributed by atoms with van der Waals surface area (Å²) >= 11 is 0. The van der Waals surface area contributed by atoms with E-state index in [-0.39, 0.29) is 68.3 Å². The average molecular weight is 201 g/mol. The molecule has 0 atom stereocenters. The largest absolute Gasteiger partial charge is 3.00 e. The topological polar surface area (TPSA) is 0 Å². The molecular weight excluding hydrogens is 201 g/mol. The standard InChI is InChI=1S/Al.Cr.Cu.Ni/q2*+3;;+2. The van der Waals surface area contributed by atoms with E-state index in [1.807, 2.05) is 0 Å². The van der Waals surface area contributed by atoms with Crippen LogP contribution in [0.2, 0.25) is 0 Å².